The van der Waals surface area contributed by atoms with Crippen molar-refractivity contribution in [3.63, 3.8) is 0 Å². The van der Waals surface area contributed by atoms with Crippen LogP contribution >= 0.6 is 0 Å². The minimum absolute atomic E-state index is 0.155. The summed E-state index contributed by atoms with van der Waals surface area (Å²) in [4.78, 5) is 11.5. The van der Waals surface area contributed by atoms with Gasteiger partial charge in [-0.05, 0) is 30.5 Å². The zero-order valence-electron chi connectivity index (χ0n) is 12.9. The number of hydrogen-bond acceptors (Lipinski definition) is 4. The zero-order valence-corrected chi connectivity index (χ0v) is 13.7. The van der Waals surface area contributed by atoms with Gasteiger partial charge in [0.2, 0.25) is 10.0 Å². The quantitative estimate of drug-likeness (QED) is 0.880. The molecule has 124 valence electrons. The van der Waals surface area contributed by atoms with E-state index in [1.807, 2.05) is 23.9 Å². The molecule has 1 aromatic carbocycles. The molecule has 0 aliphatic carbocycles. The monoisotopic (exact) mass is 338 g/mol. The Kier molecular flexibility index (Phi) is 3.70. The van der Waals surface area contributed by atoms with E-state index in [0.717, 1.165) is 15.2 Å². The summed E-state index contributed by atoms with van der Waals surface area (Å²) in [7, 11) is -1.89. The van der Waals surface area contributed by atoms with E-state index in [2.05, 4.69) is 0 Å². The van der Waals surface area contributed by atoms with Crippen molar-refractivity contribution in [2.75, 3.05) is 19.7 Å². The number of carboxylic acids is 1. The van der Waals surface area contributed by atoms with Gasteiger partial charge < -0.3 is 14.4 Å². The van der Waals surface area contributed by atoms with Gasteiger partial charge in [-0.2, -0.15) is 4.31 Å². The summed E-state index contributed by atoms with van der Waals surface area (Å²) in [5.74, 6) is -1.14. The second kappa shape index (κ2) is 5.33. The molecule has 2 aromatic rings. The standard InChI is InChI=1S/C15H18N2O5S/c1-3-22-15(14(18)19)9-17(10-15)23(20,21)12-5-4-11-6-7-16(2)13(11)8-12/h4-8H,3,9-10H2,1-2H3,(H,18,19). The predicted molar refractivity (Wildman–Crippen MR) is 83.7 cm³/mol. The second-order valence-corrected chi connectivity index (χ2v) is 7.59. The summed E-state index contributed by atoms with van der Waals surface area (Å²) in [6.45, 7) is 1.55. The maximum atomic E-state index is 12.7. The van der Waals surface area contributed by atoms with Crippen LogP contribution in [0, 0.1) is 0 Å². The van der Waals surface area contributed by atoms with Crippen LogP contribution in [0.3, 0.4) is 0 Å². The number of aryl methyl sites for hydroxylation is 1. The van der Waals surface area contributed by atoms with E-state index in [0.29, 0.717) is 0 Å². The highest BCUT2D eigenvalue weighted by Gasteiger charge is 2.55. The number of sulfonamides is 1. The minimum atomic E-state index is -3.73. The first-order valence-corrected chi connectivity index (χ1v) is 8.67. The summed E-state index contributed by atoms with van der Waals surface area (Å²) in [5, 5.41) is 10.2. The van der Waals surface area contributed by atoms with Gasteiger partial charge in [-0.3, -0.25) is 0 Å². The van der Waals surface area contributed by atoms with Crippen molar-refractivity contribution < 1.29 is 23.1 Å². The minimum Gasteiger partial charge on any atom is -0.479 e. The average molecular weight is 338 g/mol. The summed E-state index contributed by atoms with van der Waals surface area (Å²) in [6.07, 6.45) is 1.86. The highest BCUT2D eigenvalue weighted by atomic mass is 32.2. The molecule has 1 N–H and O–H groups in total. The topological polar surface area (TPSA) is 88.8 Å². The van der Waals surface area contributed by atoms with Crippen molar-refractivity contribution in [1.29, 1.82) is 0 Å². The number of nitrogens with zero attached hydrogens (tertiary/aromatic N) is 2. The molecular formula is C15H18N2O5S. The Hall–Kier alpha value is -1.90. The van der Waals surface area contributed by atoms with Crippen molar-refractivity contribution >= 4 is 26.9 Å². The molecule has 1 aliphatic rings. The number of hydrogen-bond donors (Lipinski definition) is 1. The highest BCUT2D eigenvalue weighted by molar-refractivity contribution is 7.89. The molecule has 1 aliphatic heterocycles. The molecule has 7 nitrogen and oxygen atoms in total. The number of ether oxygens (including phenoxy) is 1. The van der Waals surface area contributed by atoms with Crippen molar-refractivity contribution in [1.82, 2.24) is 8.87 Å². The Morgan fingerprint density at radius 1 is 1.35 bits per heavy atom. The summed E-state index contributed by atoms with van der Waals surface area (Å²) < 4.78 is 33.6. The third kappa shape index (κ3) is 2.43. The van der Waals surface area contributed by atoms with Gasteiger partial charge in [-0.15, -0.1) is 0 Å². The number of benzene rings is 1. The Morgan fingerprint density at radius 2 is 2.04 bits per heavy atom. The molecule has 8 heteroatoms. The van der Waals surface area contributed by atoms with Crippen LogP contribution < -0.4 is 0 Å². The van der Waals surface area contributed by atoms with Crippen molar-refractivity contribution in [2.45, 2.75) is 17.4 Å². The average Bonchev–Trinajstić information content (AvgIpc) is 2.83. The number of fused-ring (bicyclic) bond motifs is 1. The van der Waals surface area contributed by atoms with E-state index in [9.17, 15) is 18.3 Å². The fraction of sp³-hybridized carbons (Fsp3) is 0.400. The van der Waals surface area contributed by atoms with Gasteiger partial charge in [-0.25, -0.2) is 13.2 Å². The molecule has 0 unspecified atom stereocenters. The number of carboxylic acid groups (broad SMARTS) is 1. The second-order valence-electron chi connectivity index (χ2n) is 5.65. The van der Waals surface area contributed by atoms with Crippen LogP contribution in [-0.2, 0) is 26.6 Å². The van der Waals surface area contributed by atoms with Crippen molar-refractivity contribution in [2.24, 2.45) is 7.05 Å². The van der Waals surface area contributed by atoms with Gasteiger partial charge in [0, 0.05) is 25.4 Å². The van der Waals surface area contributed by atoms with Gasteiger partial charge >= 0.3 is 5.97 Å². The molecule has 0 saturated carbocycles. The first kappa shape index (κ1) is 16.0. The van der Waals surface area contributed by atoms with Crippen LogP contribution in [0.15, 0.2) is 35.4 Å². The van der Waals surface area contributed by atoms with E-state index >= 15 is 0 Å². The van der Waals surface area contributed by atoms with Crippen molar-refractivity contribution in [3.05, 3.63) is 30.5 Å². The third-order valence-corrected chi connectivity index (χ3v) is 5.96. The fourth-order valence-corrected chi connectivity index (χ4v) is 4.37. The largest absolute Gasteiger partial charge is 0.479 e. The fourth-order valence-electron chi connectivity index (χ4n) is 2.81. The maximum Gasteiger partial charge on any atom is 0.338 e. The number of aromatic nitrogens is 1. The maximum absolute atomic E-state index is 12.7. The third-order valence-electron chi connectivity index (χ3n) is 4.17. The molecule has 0 atom stereocenters. The molecule has 0 amide bonds. The lowest BCUT2D eigenvalue weighted by Crippen LogP contribution is -2.68. The van der Waals surface area contributed by atoms with E-state index in [1.54, 1.807) is 25.1 Å². The lowest BCUT2D eigenvalue weighted by molar-refractivity contribution is -0.181. The van der Waals surface area contributed by atoms with Gasteiger partial charge in [0.1, 0.15) is 0 Å². The van der Waals surface area contributed by atoms with E-state index in [1.165, 1.54) is 0 Å². The lowest BCUT2D eigenvalue weighted by atomic mass is 9.97. The van der Waals surface area contributed by atoms with Crippen LogP contribution in [0.1, 0.15) is 6.92 Å². The summed E-state index contributed by atoms with van der Waals surface area (Å²) in [5.41, 5.74) is -0.627. The van der Waals surface area contributed by atoms with Crippen LogP contribution in [0.2, 0.25) is 0 Å². The molecule has 0 radical (unpaired) electrons. The van der Waals surface area contributed by atoms with Crippen molar-refractivity contribution in [3.8, 4) is 0 Å². The molecule has 1 fully saturated rings. The summed E-state index contributed by atoms with van der Waals surface area (Å²) in [6, 6.07) is 6.79. The van der Waals surface area contributed by atoms with Gasteiger partial charge in [0.25, 0.3) is 0 Å². The Labute approximate surface area is 134 Å². The molecular weight excluding hydrogens is 320 g/mol. The van der Waals surface area contributed by atoms with E-state index < -0.39 is 21.6 Å². The molecule has 0 spiro atoms. The lowest BCUT2D eigenvalue weighted by Gasteiger charge is -2.45. The number of rotatable bonds is 5. The Balaban J connectivity index is 1.90. The number of carbonyl (C=O) groups is 1. The van der Waals surface area contributed by atoms with Crippen LogP contribution in [0.25, 0.3) is 10.9 Å². The van der Waals surface area contributed by atoms with E-state index in [4.69, 9.17) is 4.74 Å². The molecule has 23 heavy (non-hydrogen) atoms. The number of aliphatic carboxylic acids is 1. The van der Waals surface area contributed by atoms with E-state index in [-0.39, 0.29) is 24.6 Å². The first-order chi connectivity index (χ1) is 10.8. The zero-order chi connectivity index (χ0) is 16.8. The van der Waals surface area contributed by atoms with Crippen LogP contribution in [0.5, 0.6) is 0 Å². The molecule has 1 aromatic heterocycles. The molecule has 3 rings (SSSR count). The van der Waals surface area contributed by atoms with Gasteiger partial charge in [-0.1, -0.05) is 6.07 Å². The van der Waals surface area contributed by atoms with Gasteiger partial charge in [0.15, 0.2) is 5.60 Å². The Morgan fingerprint density at radius 3 is 2.65 bits per heavy atom. The summed E-state index contributed by atoms with van der Waals surface area (Å²) >= 11 is 0. The SMILES string of the molecule is CCOC1(C(=O)O)CN(S(=O)(=O)c2ccc3ccn(C)c3c2)C1. The van der Waals surface area contributed by atoms with Gasteiger partial charge in [0.05, 0.1) is 18.0 Å². The smallest absolute Gasteiger partial charge is 0.338 e. The predicted octanol–water partition coefficient (Wildman–Crippen LogP) is 1.04. The molecule has 0 bridgehead atoms. The first-order valence-electron chi connectivity index (χ1n) is 7.23. The van der Waals surface area contributed by atoms with Crippen LogP contribution in [-0.4, -0.2) is 53.7 Å². The molecule has 2 heterocycles. The Bertz CT molecular complexity index is 865. The highest BCUT2D eigenvalue weighted by Crippen LogP contribution is 2.32. The molecule has 1 saturated heterocycles. The van der Waals surface area contributed by atoms with Crippen LogP contribution in [0.4, 0.5) is 0 Å². The normalized spacial score (nSPS) is 18.0.